The van der Waals surface area contributed by atoms with Gasteiger partial charge < -0.3 is 19.6 Å². The van der Waals surface area contributed by atoms with Crippen LogP contribution in [-0.2, 0) is 9.59 Å². The maximum absolute atomic E-state index is 13.3. The Kier molecular flexibility index (Phi) is 9.26. The first-order chi connectivity index (χ1) is 16.8. The van der Waals surface area contributed by atoms with Gasteiger partial charge in [0.15, 0.2) is 11.5 Å². The van der Waals surface area contributed by atoms with Crippen molar-refractivity contribution in [3.05, 3.63) is 83.1 Å². The summed E-state index contributed by atoms with van der Waals surface area (Å²) in [5.74, 6) is -0.170. The predicted molar refractivity (Wildman–Crippen MR) is 139 cm³/mol. The molecule has 0 fully saturated rings. The van der Waals surface area contributed by atoms with Crippen LogP contribution in [0.3, 0.4) is 0 Å². The normalized spacial score (nSPS) is 16.2. The van der Waals surface area contributed by atoms with Crippen LogP contribution >= 0.6 is 0 Å². The molecule has 0 bridgehead atoms. The van der Waals surface area contributed by atoms with E-state index in [4.69, 9.17) is 4.74 Å². The Morgan fingerprint density at radius 2 is 1.89 bits per heavy atom. The molecule has 186 valence electrons. The third-order valence-electron chi connectivity index (χ3n) is 5.94. The second-order valence-corrected chi connectivity index (χ2v) is 9.53. The Morgan fingerprint density at radius 3 is 2.57 bits per heavy atom. The van der Waals surface area contributed by atoms with Gasteiger partial charge in [0.2, 0.25) is 0 Å². The molecular weight excluding hydrogens is 440 g/mol. The molecule has 1 aliphatic heterocycles. The van der Waals surface area contributed by atoms with Gasteiger partial charge in [0, 0.05) is 6.54 Å². The highest BCUT2D eigenvalue weighted by atomic mass is 16.5. The number of hydrogen-bond acceptors (Lipinski definition) is 5. The van der Waals surface area contributed by atoms with E-state index in [1.807, 2.05) is 73.6 Å². The number of benzene rings is 2. The van der Waals surface area contributed by atoms with Crippen molar-refractivity contribution in [3.8, 4) is 5.75 Å². The standard InChI is InChI=1S/C29H36N2O4/c1-21(2)16-19-35-24-13-8-12-23(20-24)27-26(25(32)15-14-22-10-6-5-7-11-22)28(33)29(34)31(27)18-9-17-30(3)4/h5-8,10-15,20-21,27,33H,9,16-19H2,1-4H3/b15-14+. The van der Waals surface area contributed by atoms with Crippen LogP contribution in [0.1, 0.15) is 43.9 Å². The summed E-state index contributed by atoms with van der Waals surface area (Å²) < 4.78 is 5.93. The highest BCUT2D eigenvalue weighted by Gasteiger charge is 2.42. The topological polar surface area (TPSA) is 70.1 Å². The maximum atomic E-state index is 13.3. The minimum atomic E-state index is -0.675. The largest absolute Gasteiger partial charge is 0.503 e. The number of hydrogen-bond donors (Lipinski definition) is 1. The molecular formula is C29H36N2O4. The van der Waals surface area contributed by atoms with E-state index in [1.54, 1.807) is 11.0 Å². The fourth-order valence-electron chi connectivity index (χ4n) is 4.05. The Balaban J connectivity index is 1.92. The number of rotatable bonds is 12. The molecule has 2 aromatic carbocycles. The Hall–Kier alpha value is -3.38. The third-order valence-corrected chi connectivity index (χ3v) is 5.94. The van der Waals surface area contributed by atoms with Crippen molar-refractivity contribution in [1.82, 2.24) is 9.80 Å². The molecule has 0 spiro atoms. The van der Waals surface area contributed by atoms with Gasteiger partial charge in [0.25, 0.3) is 5.91 Å². The van der Waals surface area contributed by atoms with E-state index in [0.29, 0.717) is 31.2 Å². The van der Waals surface area contributed by atoms with Crippen molar-refractivity contribution in [2.24, 2.45) is 5.92 Å². The van der Waals surface area contributed by atoms with Crippen molar-refractivity contribution in [1.29, 1.82) is 0 Å². The van der Waals surface area contributed by atoms with Gasteiger partial charge in [0.05, 0.1) is 18.2 Å². The summed E-state index contributed by atoms with van der Waals surface area (Å²) in [6, 6.07) is 16.3. The van der Waals surface area contributed by atoms with Crippen LogP contribution in [0.15, 0.2) is 72.0 Å². The summed E-state index contributed by atoms with van der Waals surface area (Å²) in [6.45, 7) is 6.08. The average molecular weight is 477 g/mol. The molecule has 6 heteroatoms. The van der Waals surface area contributed by atoms with E-state index >= 15 is 0 Å². The molecule has 1 atom stereocenters. The summed E-state index contributed by atoms with van der Waals surface area (Å²) >= 11 is 0. The van der Waals surface area contributed by atoms with Gasteiger partial charge in [-0.1, -0.05) is 62.4 Å². The maximum Gasteiger partial charge on any atom is 0.290 e. The van der Waals surface area contributed by atoms with Gasteiger partial charge in [-0.2, -0.15) is 0 Å². The number of aliphatic hydroxyl groups is 1. The molecule has 1 amide bonds. The minimum absolute atomic E-state index is 0.103. The Labute approximate surface area is 208 Å². The molecule has 2 aromatic rings. The van der Waals surface area contributed by atoms with Crippen molar-refractivity contribution >= 4 is 17.8 Å². The monoisotopic (exact) mass is 476 g/mol. The van der Waals surface area contributed by atoms with E-state index in [0.717, 1.165) is 24.1 Å². The van der Waals surface area contributed by atoms with Crippen LogP contribution in [0.5, 0.6) is 5.75 Å². The number of amides is 1. The summed E-state index contributed by atoms with van der Waals surface area (Å²) in [5.41, 5.74) is 1.71. The summed E-state index contributed by atoms with van der Waals surface area (Å²) in [7, 11) is 3.95. The van der Waals surface area contributed by atoms with Gasteiger partial charge in [-0.15, -0.1) is 0 Å². The van der Waals surface area contributed by atoms with E-state index < -0.39 is 17.7 Å². The predicted octanol–water partition coefficient (Wildman–Crippen LogP) is 5.04. The second-order valence-electron chi connectivity index (χ2n) is 9.53. The van der Waals surface area contributed by atoms with Gasteiger partial charge in [0.1, 0.15) is 5.75 Å². The fraction of sp³-hybridized carbons (Fsp3) is 0.379. The zero-order valence-electron chi connectivity index (χ0n) is 21.1. The fourth-order valence-corrected chi connectivity index (χ4v) is 4.05. The molecule has 0 aromatic heterocycles. The zero-order valence-corrected chi connectivity index (χ0v) is 21.1. The van der Waals surface area contributed by atoms with Crippen LogP contribution in [0.4, 0.5) is 0 Å². The SMILES string of the molecule is CC(C)CCOc1cccc(C2C(C(=O)/C=C/c3ccccc3)=C(O)C(=O)N2CCCN(C)C)c1. The summed E-state index contributed by atoms with van der Waals surface area (Å²) in [4.78, 5) is 30.0. The van der Waals surface area contributed by atoms with E-state index in [9.17, 15) is 14.7 Å². The highest BCUT2D eigenvalue weighted by Crippen LogP contribution is 2.39. The van der Waals surface area contributed by atoms with Crippen molar-refractivity contribution < 1.29 is 19.4 Å². The lowest BCUT2D eigenvalue weighted by Gasteiger charge is -2.27. The molecule has 0 aliphatic carbocycles. The number of ketones is 1. The van der Waals surface area contributed by atoms with Crippen molar-refractivity contribution in [3.63, 3.8) is 0 Å². The van der Waals surface area contributed by atoms with Crippen LogP contribution in [0.25, 0.3) is 6.08 Å². The van der Waals surface area contributed by atoms with Crippen molar-refractivity contribution in [2.75, 3.05) is 33.8 Å². The van der Waals surface area contributed by atoms with Gasteiger partial charge in [-0.25, -0.2) is 0 Å². The lowest BCUT2D eigenvalue weighted by molar-refractivity contribution is -0.129. The lowest BCUT2D eigenvalue weighted by atomic mass is 9.95. The third kappa shape index (κ3) is 7.06. The lowest BCUT2D eigenvalue weighted by Crippen LogP contribution is -2.33. The molecule has 6 nitrogen and oxygen atoms in total. The molecule has 1 unspecified atom stereocenters. The second kappa shape index (κ2) is 12.4. The summed E-state index contributed by atoms with van der Waals surface area (Å²) in [6.07, 6.45) is 4.77. The van der Waals surface area contributed by atoms with E-state index in [-0.39, 0.29) is 11.4 Å². The number of allylic oxidation sites excluding steroid dienone is 1. The molecule has 35 heavy (non-hydrogen) atoms. The summed E-state index contributed by atoms with van der Waals surface area (Å²) in [5, 5.41) is 10.8. The Morgan fingerprint density at radius 1 is 1.14 bits per heavy atom. The number of aliphatic hydroxyl groups excluding tert-OH is 1. The Bertz CT molecular complexity index is 1070. The van der Waals surface area contributed by atoms with Crippen molar-refractivity contribution in [2.45, 2.75) is 32.7 Å². The molecule has 0 saturated carbocycles. The average Bonchev–Trinajstić information content (AvgIpc) is 3.08. The number of nitrogens with zero attached hydrogens (tertiary/aromatic N) is 2. The van der Waals surface area contributed by atoms with Crippen LogP contribution in [0.2, 0.25) is 0 Å². The molecule has 3 rings (SSSR count). The van der Waals surface area contributed by atoms with Gasteiger partial charge in [-0.3, -0.25) is 9.59 Å². The number of carbonyl (C=O) groups excluding carboxylic acids is 2. The zero-order chi connectivity index (χ0) is 25.4. The number of carbonyl (C=O) groups is 2. The van der Waals surface area contributed by atoms with Crippen LogP contribution in [-0.4, -0.2) is 60.4 Å². The van der Waals surface area contributed by atoms with Crippen LogP contribution < -0.4 is 4.74 Å². The highest BCUT2D eigenvalue weighted by molar-refractivity contribution is 6.14. The molecule has 0 radical (unpaired) electrons. The van der Waals surface area contributed by atoms with Crippen LogP contribution in [0, 0.1) is 5.92 Å². The molecule has 0 saturated heterocycles. The van der Waals surface area contributed by atoms with Gasteiger partial charge in [-0.05, 0) is 68.7 Å². The number of ether oxygens (including phenoxy) is 1. The first-order valence-electron chi connectivity index (χ1n) is 12.2. The van der Waals surface area contributed by atoms with Gasteiger partial charge >= 0.3 is 0 Å². The minimum Gasteiger partial charge on any atom is -0.503 e. The van der Waals surface area contributed by atoms with E-state index in [1.165, 1.54) is 6.08 Å². The first kappa shape index (κ1) is 26.2. The molecule has 1 heterocycles. The van der Waals surface area contributed by atoms with E-state index in [2.05, 4.69) is 13.8 Å². The quantitative estimate of drug-likeness (QED) is 0.435. The molecule has 1 aliphatic rings. The smallest absolute Gasteiger partial charge is 0.290 e. The molecule has 1 N–H and O–H groups in total. The first-order valence-corrected chi connectivity index (χ1v) is 12.2.